The third-order valence-corrected chi connectivity index (χ3v) is 5.36. The number of aliphatic imine (C=N–C) groups is 1. The second-order valence-electron chi connectivity index (χ2n) is 6.07. The Balaban J connectivity index is 1.34. The fourth-order valence-electron chi connectivity index (χ4n) is 2.97. The third-order valence-electron chi connectivity index (χ3n) is 4.32. The number of rotatable bonds is 3. The molecule has 1 amide bonds. The first kappa shape index (κ1) is 16.2. The van der Waals surface area contributed by atoms with E-state index in [9.17, 15) is 4.79 Å². The summed E-state index contributed by atoms with van der Waals surface area (Å²) < 4.78 is 5.28. The molecule has 0 bridgehead atoms. The summed E-state index contributed by atoms with van der Waals surface area (Å²) in [7, 11) is 0. The molecule has 1 aromatic heterocycles. The van der Waals surface area contributed by atoms with Gasteiger partial charge in [-0.25, -0.2) is 0 Å². The number of piperazine rings is 1. The van der Waals surface area contributed by atoms with Gasteiger partial charge in [0, 0.05) is 38.8 Å². The van der Waals surface area contributed by atoms with Crippen molar-refractivity contribution < 1.29 is 9.21 Å². The Bertz CT molecular complexity index is 791. The van der Waals surface area contributed by atoms with Crippen LogP contribution in [0, 0.1) is 0 Å². The lowest BCUT2D eigenvalue weighted by atomic mass is 10.2. The summed E-state index contributed by atoms with van der Waals surface area (Å²) in [4.78, 5) is 21.6. The highest BCUT2D eigenvalue weighted by molar-refractivity contribution is 8.18. The van der Waals surface area contributed by atoms with Crippen LogP contribution in [0.4, 0.5) is 0 Å². The van der Waals surface area contributed by atoms with Gasteiger partial charge in [-0.15, -0.1) is 0 Å². The molecule has 4 rings (SSSR count). The normalized spacial score (nSPS) is 20.3. The van der Waals surface area contributed by atoms with Crippen LogP contribution in [0.2, 0.25) is 0 Å². The van der Waals surface area contributed by atoms with Crippen molar-refractivity contribution in [2.45, 2.75) is 6.54 Å². The van der Waals surface area contributed by atoms with Gasteiger partial charge in [0.15, 0.2) is 5.17 Å². The Labute approximate surface area is 151 Å². The van der Waals surface area contributed by atoms with Gasteiger partial charge in [0.2, 0.25) is 0 Å². The molecule has 2 aliphatic rings. The molecule has 6 heteroatoms. The minimum Gasteiger partial charge on any atom is -0.465 e. The highest BCUT2D eigenvalue weighted by Gasteiger charge is 2.28. The maximum absolute atomic E-state index is 12.1. The average molecular weight is 353 g/mol. The van der Waals surface area contributed by atoms with Crippen LogP contribution < -0.4 is 0 Å². The van der Waals surface area contributed by atoms with Crippen LogP contribution in [0.3, 0.4) is 0 Å². The van der Waals surface area contributed by atoms with Crippen LogP contribution >= 0.6 is 11.8 Å². The topological polar surface area (TPSA) is 49.1 Å². The van der Waals surface area contributed by atoms with Gasteiger partial charge in [0.05, 0.1) is 11.2 Å². The van der Waals surface area contributed by atoms with Crippen LogP contribution in [0.1, 0.15) is 11.3 Å². The Hall–Kier alpha value is -2.31. The van der Waals surface area contributed by atoms with Crippen molar-refractivity contribution in [2.24, 2.45) is 4.99 Å². The van der Waals surface area contributed by atoms with E-state index in [4.69, 9.17) is 4.42 Å². The number of amides is 1. The number of furan rings is 1. The van der Waals surface area contributed by atoms with E-state index in [1.165, 1.54) is 17.3 Å². The number of hydrogen-bond acceptors (Lipinski definition) is 5. The molecule has 1 saturated heterocycles. The molecule has 3 heterocycles. The molecule has 1 aromatic carbocycles. The molecule has 0 atom stereocenters. The van der Waals surface area contributed by atoms with E-state index < -0.39 is 0 Å². The van der Waals surface area contributed by atoms with E-state index in [1.54, 1.807) is 12.3 Å². The number of benzene rings is 1. The zero-order valence-corrected chi connectivity index (χ0v) is 14.6. The summed E-state index contributed by atoms with van der Waals surface area (Å²) in [5.41, 5.74) is 1.34. The molecule has 0 radical (unpaired) electrons. The molecule has 0 aliphatic carbocycles. The molecular weight excluding hydrogens is 334 g/mol. The van der Waals surface area contributed by atoms with Crippen molar-refractivity contribution in [1.82, 2.24) is 9.80 Å². The lowest BCUT2D eigenvalue weighted by Crippen LogP contribution is -2.47. The molecule has 0 unspecified atom stereocenters. The number of carbonyl (C=O) groups is 1. The fourth-order valence-corrected chi connectivity index (χ4v) is 3.92. The second-order valence-corrected chi connectivity index (χ2v) is 7.08. The van der Waals surface area contributed by atoms with E-state index >= 15 is 0 Å². The molecule has 2 aliphatic heterocycles. The van der Waals surface area contributed by atoms with Crippen molar-refractivity contribution in [1.29, 1.82) is 0 Å². The maximum atomic E-state index is 12.1. The number of hydrogen-bond donors (Lipinski definition) is 0. The van der Waals surface area contributed by atoms with Gasteiger partial charge >= 0.3 is 0 Å². The van der Waals surface area contributed by atoms with Crippen molar-refractivity contribution in [2.75, 3.05) is 26.2 Å². The molecule has 128 valence electrons. The SMILES string of the molecule is O=C1N=C(N2CCN(Cc3ccccc3)CC2)S/C1=C\c1ccco1. The van der Waals surface area contributed by atoms with Crippen LogP contribution in [0.15, 0.2) is 63.0 Å². The second kappa shape index (κ2) is 7.29. The minimum atomic E-state index is -0.178. The Kier molecular flexibility index (Phi) is 4.72. The van der Waals surface area contributed by atoms with E-state index in [1.807, 2.05) is 18.2 Å². The Morgan fingerprint density at radius 3 is 2.60 bits per heavy atom. The van der Waals surface area contributed by atoms with Gasteiger partial charge in [-0.05, 0) is 29.5 Å². The fraction of sp³-hybridized carbons (Fsp3) is 0.263. The van der Waals surface area contributed by atoms with Gasteiger partial charge in [-0.2, -0.15) is 4.99 Å². The third kappa shape index (κ3) is 3.86. The first-order chi connectivity index (χ1) is 12.3. The van der Waals surface area contributed by atoms with Crippen LogP contribution in [0.5, 0.6) is 0 Å². The summed E-state index contributed by atoms with van der Waals surface area (Å²) in [5, 5.41) is 0.808. The standard InChI is InChI=1S/C19H19N3O2S/c23-18-17(13-16-7-4-12-24-16)25-19(20-18)22-10-8-21(9-11-22)14-15-5-2-1-3-6-15/h1-7,12-13H,8-11,14H2/b17-13-. The summed E-state index contributed by atoms with van der Waals surface area (Å²) in [6.07, 6.45) is 3.36. The first-order valence-corrected chi connectivity index (χ1v) is 9.17. The van der Waals surface area contributed by atoms with Crippen molar-refractivity contribution >= 4 is 28.9 Å². The quantitative estimate of drug-likeness (QED) is 0.794. The zero-order chi connectivity index (χ0) is 17.1. The van der Waals surface area contributed by atoms with Crippen LogP contribution in [-0.4, -0.2) is 47.1 Å². The zero-order valence-electron chi connectivity index (χ0n) is 13.8. The van der Waals surface area contributed by atoms with Gasteiger partial charge in [0.25, 0.3) is 5.91 Å². The summed E-state index contributed by atoms with van der Waals surface area (Å²) in [6, 6.07) is 14.2. The van der Waals surface area contributed by atoms with E-state index in [0.717, 1.165) is 37.9 Å². The molecule has 0 saturated carbocycles. The van der Waals surface area contributed by atoms with E-state index in [-0.39, 0.29) is 5.91 Å². The predicted octanol–water partition coefficient (Wildman–Crippen LogP) is 3.07. The molecule has 0 N–H and O–H groups in total. The monoisotopic (exact) mass is 353 g/mol. The molecule has 1 fully saturated rings. The predicted molar refractivity (Wildman–Crippen MR) is 100 cm³/mol. The van der Waals surface area contributed by atoms with E-state index in [0.29, 0.717) is 10.7 Å². The van der Waals surface area contributed by atoms with Crippen LogP contribution in [-0.2, 0) is 11.3 Å². The lowest BCUT2D eigenvalue weighted by molar-refractivity contribution is -0.113. The largest absolute Gasteiger partial charge is 0.465 e. The number of thioether (sulfide) groups is 1. The minimum absolute atomic E-state index is 0.178. The van der Waals surface area contributed by atoms with Crippen molar-refractivity contribution in [3.63, 3.8) is 0 Å². The number of carbonyl (C=O) groups excluding carboxylic acids is 1. The highest BCUT2D eigenvalue weighted by Crippen LogP contribution is 2.30. The van der Waals surface area contributed by atoms with Crippen molar-refractivity contribution in [3.05, 3.63) is 65.0 Å². The Morgan fingerprint density at radius 2 is 1.88 bits per heavy atom. The molecule has 2 aromatic rings. The number of nitrogens with zero attached hydrogens (tertiary/aromatic N) is 3. The molecule has 0 spiro atoms. The molecular formula is C19H19N3O2S. The summed E-state index contributed by atoms with van der Waals surface area (Å²) >= 11 is 1.44. The smallest absolute Gasteiger partial charge is 0.286 e. The lowest BCUT2D eigenvalue weighted by Gasteiger charge is -2.35. The van der Waals surface area contributed by atoms with Gasteiger partial charge in [-0.1, -0.05) is 30.3 Å². The van der Waals surface area contributed by atoms with Gasteiger partial charge < -0.3 is 9.32 Å². The number of amidine groups is 1. The molecule has 5 nitrogen and oxygen atoms in total. The Morgan fingerprint density at radius 1 is 1.08 bits per heavy atom. The van der Waals surface area contributed by atoms with Crippen molar-refractivity contribution in [3.8, 4) is 0 Å². The summed E-state index contributed by atoms with van der Waals surface area (Å²) in [6.45, 7) is 4.69. The van der Waals surface area contributed by atoms with Gasteiger partial charge in [0.1, 0.15) is 5.76 Å². The maximum Gasteiger partial charge on any atom is 0.286 e. The first-order valence-electron chi connectivity index (χ1n) is 8.35. The highest BCUT2D eigenvalue weighted by atomic mass is 32.2. The average Bonchev–Trinajstić information content (AvgIpc) is 3.27. The van der Waals surface area contributed by atoms with E-state index in [2.05, 4.69) is 39.1 Å². The molecule has 25 heavy (non-hydrogen) atoms. The summed E-state index contributed by atoms with van der Waals surface area (Å²) in [5.74, 6) is 0.503. The van der Waals surface area contributed by atoms with Gasteiger partial charge in [-0.3, -0.25) is 9.69 Å². The van der Waals surface area contributed by atoms with Crippen LogP contribution in [0.25, 0.3) is 6.08 Å².